The lowest BCUT2D eigenvalue weighted by atomic mass is 10.1. The molecular formula is C13H14N2O4. The van der Waals surface area contributed by atoms with Crippen molar-refractivity contribution in [2.75, 3.05) is 7.11 Å². The van der Waals surface area contributed by atoms with E-state index in [9.17, 15) is 4.79 Å². The first-order valence-electron chi connectivity index (χ1n) is 5.84. The normalized spacial score (nSPS) is 10.4. The van der Waals surface area contributed by atoms with Gasteiger partial charge < -0.3 is 14.3 Å². The molecule has 0 fully saturated rings. The van der Waals surface area contributed by atoms with E-state index in [0.29, 0.717) is 18.2 Å². The smallest absolute Gasteiger partial charge is 0.303 e. The van der Waals surface area contributed by atoms with Crippen LogP contribution < -0.4 is 4.74 Å². The van der Waals surface area contributed by atoms with Gasteiger partial charge in [-0.05, 0) is 6.07 Å². The Balaban J connectivity index is 2.05. The second kappa shape index (κ2) is 5.99. The molecule has 0 saturated carbocycles. The highest BCUT2D eigenvalue weighted by Gasteiger charge is 2.10. The van der Waals surface area contributed by atoms with Crippen LogP contribution in [0, 0.1) is 0 Å². The molecule has 100 valence electrons. The molecule has 2 rings (SSSR count). The number of hydrogen-bond acceptors (Lipinski definition) is 5. The van der Waals surface area contributed by atoms with Crippen LogP contribution in [0.4, 0.5) is 0 Å². The molecule has 0 aliphatic heterocycles. The van der Waals surface area contributed by atoms with Crippen molar-refractivity contribution in [2.45, 2.75) is 19.3 Å². The zero-order chi connectivity index (χ0) is 13.7. The fourth-order valence-corrected chi connectivity index (χ4v) is 1.69. The number of para-hydroxylation sites is 1. The first kappa shape index (κ1) is 13.1. The van der Waals surface area contributed by atoms with Crippen LogP contribution in [0.2, 0.25) is 0 Å². The molecule has 6 nitrogen and oxygen atoms in total. The number of benzene rings is 1. The van der Waals surface area contributed by atoms with Crippen LogP contribution in [0.15, 0.2) is 28.7 Å². The van der Waals surface area contributed by atoms with Gasteiger partial charge in [0.2, 0.25) is 11.8 Å². The third kappa shape index (κ3) is 3.54. The molecular weight excluding hydrogens is 248 g/mol. The van der Waals surface area contributed by atoms with E-state index in [1.54, 1.807) is 7.11 Å². The van der Waals surface area contributed by atoms with Gasteiger partial charge in [0.05, 0.1) is 20.0 Å². The summed E-state index contributed by atoms with van der Waals surface area (Å²) in [5, 5.41) is 16.3. The number of hydrogen-bond donors (Lipinski definition) is 1. The van der Waals surface area contributed by atoms with Crippen molar-refractivity contribution < 1.29 is 19.1 Å². The van der Waals surface area contributed by atoms with Crippen LogP contribution in [0.5, 0.6) is 5.75 Å². The third-order valence-electron chi connectivity index (χ3n) is 2.60. The Morgan fingerprint density at radius 3 is 2.79 bits per heavy atom. The maximum atomic E-state index is 10.4. The number of carbonyl (C=O) groups is 1. The summed E-state index contributed by atoms with van der Waals surface area (Å²) >= 11 is 0. The molecule has 1 N–H and O–H groups in total. The fraction of sp³-hybridized carbons (Fsp3) is 0.308. The average molecular weight is 262 g/mol. The first-order chi connectivity index (χ1) is 9.19. The molecule has 6 heteroatoms. The number of carboxylic acid groups (broad SMARTS) is 1. The van der Waals surface area contributed by atoms with Crippen LogP contribution in [-0.4, -0.2) is 28.4 Å². The standard InChI is InChI=1S/C13H14N2O4/c1-18-10-5-3-2-4-9(10)8-12-15-14-11(19-12)6-7-13(16)17/h2-5H,6-8H2,1H3,(H,16,17). The minimum absolute atomic E-state index is 0.0176. The third-order valence-corrected chi connectivity index (χ3v) is 2.60. The Kier molecular flexibility index (Phi) is 4.12. The van der Waals surface area contributed by atoms with Crippen LogP contribution in [0.25, 0.3) is 0 Å². The maximum absolute atomic E-state index is 10.4. The van der Waals surface area contributed by atoms with Gasteiger partial charge in [-0.25, -0.2) is 0 Å². The van der Waals surface area contributed by atoms with Gasteiger partial charge in [-0.15, -0.1) is 10.2 Å². The van der Waals surface area contributed by atoms with Crippen molar-refractivity contribution in [3.05, 3.63) is 41.6 Å². The monoisotopic (exact) mass is 262 g/mol. The first-order valence-corrected chi connectivity index (χ1v) is 5.84. The molecule has 0 bridgehead atoms. The van der Waals surface area contributed by atoms with E-state index in [2.05, 4.69) is 10.2 Å². The van der Waals surface area contributed by atoms with Crippen LogP contribution in [-0.2, 0) is 17.6 Å². The topological polar surface area (TPSA) is 85.5 Å². The number of methoxy groups -OCH3 is 1. The van der Waals surface area contributed by atoms with Gasteiger partial charge >= 0.3 is 5.97 Å². The predicted molar refractivity (Wildman–Crippen MR) is 66.1 cm³/mol. The Morgan fingerprint density at radius 1 is 1.32 bits per heavy atom. The summed E-state index contributed by atoms with van der Waals surface area (Å²) in [4.78, 5) is 10.4. The molecule has 1 aromatic heterocycles. The summed E-state index contributed by atoms with van der Waals surface area (Å²) in [6, 6.07) is 7.56. The van der Waals surface area contributed by atoms with Crippen molar-refractivity contribution in [1.82, 2.24) is 10.2 Å². The van der Waals surface area contributed by atoms with E-state index >= 15 is 0 Å². The summed E-state index contributed by atoms with van der Waals surface area (Å²) in [7, 11) is 1.60. The summed E-state index contributed by atoms with van der Waals surface area (Å²) < 4.78 is 10.6. The van der Waals surface area contributed by atoms with Crippen molar-refractivity contribution in [2.24, 2.45) is 0 Å². The van der Waals surface area contributed by atoms with Crippen molar-refractivity contribution in [3.63, 3.8) is 0 Å². The Morgan fingerprint density at radius 2 is 2.05 bits per heavy atom. The molecule has 0 atom stereocenters. The summed E-state index contributed by atoms with van der Waals surface area (Å²) in [5.74, 6) is 0.662. The number of nitrogens with zero attached hydrogens (tertiary/aromatic N) is 2. The largest absolute Gasteiger partial charge is 0.496 e. The Hall–Kier alpha value is -2.37. The highest BCUT2D eigenvalue weighted by atomic mass is 16.5. The average Bonchev–Trinajstić information content (AvgIpc) is 2.85. The van der Waals surface area contributed by atoms with Crippen molar-refractivity contribution in [3.8, 4) is 5.75 Å². The van der Waals surface area contributed by atoms with Gasteiger partial charge in [-0.2, -0.15) is 0 Å². The maximum Gasteiger partial charge on any atom is 0.303 e. The highest BCUT2D eigenvalue weighted by molar-refractivity contribution is 5.66. The van der Waals surface area contributed by atoms with Gasteiger partial charge in [-0.3, -0.25) is 4.79 Å². The SMILES string of the molecule is COc1ccccc1Cc1nnc(CCC(=O)O)o1. The molecule has 1 aromatic carbocycles. The number of ether oxygens (including phenoxy) is 1. The minimum atomic E-state index is -0.885. The zero-order valence-electron chi connectivity index (χ0n) is 10.5. The summed E-state index contributed by atoms with van der Waals surface area (Å²) in [6.07, 6.45) is 0.689. The summed E-state index contributed by atoms with van der Waals surface area (Å²) in [5.41, 5.74) is 0.943. The Bertz CT molecular complexity index is 565. The molecule has 2 aromatic rings. The van der Waals surface area contributed by atoms with E-state index in [-0.39, 0.29) is 12.8 Å². The van der Waals surface area contributed by atoms with Crippen molar-refractivity contribution in [1.29, 1.82) is 0 Å². The molecule has 0 radical (unpaired) electrons. The van der Waals surface area contributed by atoms with E-state index < -0.39 is 5.97 Å². The van der Waals surface area contributed by atoms with E-state index in [4.69, 9.17) is 14.3 Å². The van der Waals surface area contributed by atoms with Crippen LogP contribution in [0.3, 0.4) is 0 Å². The number of aliphatic carboxylic acids is 1. The minimum Gasteiger partial charge on any atom is -0.496 e. The molecule has 19 heavy (non-hydrogen) atoms. The lowest BCUT2D eigenvalue weighted by Gasteiger charge is -2.05. The van der Waals surface area contributed by atoms with Gasteiger partial charge in [0.1, 0.15) is 5.75 Å². The Labute approximate surface area is 110 Å². The second-order valence-electron chi connectivity index (χ2n) is 3.97. The van der Waals surface area contributed by atoms with Gasteiger partial charge in [0.15, 0.2) is 0 Å². The van der Waals surface area contributed by atoms with Gasteiger partial charge in [-0.1, -0.05) is 18.2 Å². The van der Waals surface area contributed by atoms with E-state index in [0.717, 1.165) is 11.3 Å². The molecule has 0 aliphatic carbocycles. The second-order valence-corrected chi connectivity index (χ2v) is 3.97. The molecule has 1 heterocycles. The highest BCUT2D eigenvalue weighted by Crippen LogP contribution is 2.20. The van der Waals surface area contributed by atoms with E-state index in [1.165, 1.54) is 0 Å². The van der Waals surface area contributed by atoms with Crippen LogP contribution in [0.1, 0.15) is 23.8 Å². The lowest BCUT2D eigenvalue weighted by Crippen LogP contribution is -1.97. The number of aromatic nitrogens is 2. The molecule has 0 aliphatic rings. The number of rotatable bonds is 6. The molecule has 0 spiro atoms. The quantitative estimate of drug-likeness (QED) is 0.852. The van der Waals surface area contributed by atoms with Crippen LogP contribution >= 0.6 is 0 Å². The van der Waals surface area contributed by atoms with Crippen molar-refractivity contribution >= 4 is 5.97 Å². The molecule has 0 amide bonds. The number of carboxylic acids is 1. The molecule has 0 unspecified atom stereocenters. The zero-order valence-corrected chi connectivity index (χ0v) is 10.5. The predicted octanol–water partition coefficient (Wildman–Crippen LogP) is 1.69. The fourth-order valence-electron chi connectivity index (χ4n) is 1.69. The van der Waals surface area contributed by atoms with Gasteiger partial charge in [0.25, 0.3) is 0 Å². The lowest BCUT2D eigenvalue weighted by molar-refractivity contribution is -0.137. The molecule has 0 saturated heterocycles. The van der Waals surface area contributed by atoms with E-state index in [1.807, 2.05) is 24.3 Å². The van der Waals surface area contributed by atoms with Gasteiger partial charge in [0, 0.05) is 12.0 Å². The summed E-state index contributed by atoms with van der Waals surface area (Å²) in [6.45, 7) is 0. The number of aryl methyl sites for hydroxylation is 1.